The van der Waals surface area contributed by atoms with Crippen molar-refractivity contribution < 1.29 is 14.0 Å². The van der Waals surface area contributed by atoms with Crippen molar-refractivity contribution in [3.8, 4) is 17.1 Å². The van der Waals surface area contributed by atoms with Gasteiger partial charge in [-0.15, -0.1) is 0 Å². The Hall–Kier alpha value is -1.92. The molecule has 0 spiro atoms. The van der Waals surface area contributed by atoms with Crippen LogP contribution in [0.4, 0.5) is 0 Å². The molecule has 0 saturated heterocycles. The molecule has 0 aliphatic rings. The third-order valence-corrected chi connectivity index (χ3v) is 2.61. The summed E-state index contributed by atoms with van der Waals surface area (Å²) >= 11 is 0. The summed E-state index contributed by atoms with van der Waals surface area (Å²) in [6, 6.07) is 7.33. The van der Waals surface area contributed by atoms with E-state index in [1.54, 1.807) is 14.2 Å². The molecule has 1 aromatic carbocycles. The Balaban J connectivity index is 2.11. The molecule has 19 heavy (non-hydrogen) atoms. The Morgan fingerprint density at radius 1 is 1.37 bits per heavy atom. The Labute approximate surface area is 111 Å². The Kier molecular flexibility index (Phi) is 4.48. The first kappa shape index (κ1) is 13.5. The Morgan fingerprint density at radius 2 is 2.21 bits per heavy atom. The van der Waals surface area contributed by atoms with Gasteiger partial charge < -0.3 is 19.7 Å². The number of methoxy groups -OCH3 is 2. The predicted octanol–water partition coefficient (Wildman–Crippen LogP) is 1.26. The Morgan fingerprint density at radius 3 is 2.95 bits per heavy atom. The highest BCUT2D eigenvalue weighted by Crippen LogP contribution is 2.21. The highest BCUT2D eigenvalue weighted by Gasteiger charge is 2.12. The quantitative estimate of drug-likeness (QED) is 0.844. The zero-order chi connectivity index (χ0) is 13.7. The number of aromatic nitrogens is 2. The van der Waals surface area contributed by atoms with Crippen LogP contribution in [-0.4, -0.2) is 37.0 Å². The molecule has 0 amide bonds. The van der Waals surface area contributed by atoms with Crippen LogP contribution in [0.1, 0.15) is 5.89 Å². The summed E-state index contributed by atoms with van der Waals surface area (Å²) < 4.78 is 15.3. The first-order chi connectivity index (χ1) is 9.22. The number of ether oxygens (including phenoxy) is 2. The molecule has 102 valence electrons. The number of nitrogens with two attached hydrogens (primary N) is 1. The van der Waals surface area contributed by atoms with E-state index in [1.807, 2.05) is 24.3 Å². The van der Waals surface area contributed by atoms with Crippen LogP contribution in [0.15, 0.2) is 28.8 Å². The fourth-order valence-electron chi connectivity index (χ4n) is 1.71. The first-order valence-electron chi connectivity index (χ1n) is 5.94. The monoisotopic (exact) mass is 263 g/mol. The molecule has 1 atom stereocenters. The molecular formula is C13H17N3O3. The molecule has 0 saturated carbocycles. The van der Waals surface area contributed by atoms with Gasteiger partial charge in [-0.2, -0.15) is 4.98 Å². The lowest BCUT2D eigenvalue weighted by atomic mass is 10.2. The molecule has 0 radical (unpaired) electrons. The van der Waals surface area contributed by atoms with Crippen LogP contribution >= 0.6 is 0 Å². The van der Waals surface area contributed by atoms with Crippen molar-refractivity contribution in [2.45, 2.75) is 12.5 Å². The summed E-state index contributed by atoms with van der Waals surface area (Å²) in [7, 11) is 3.22. The van der Waals surface area contributed by atoms with E-state index >= 15 is 0 Å². The van der Waals surface area contributed by atoms with Crippen molar-refractivity contribution in [3.05, 3.63) is 30.2 Å². The van der Waals surface area contributed by atoms with Gasteiger partial charge in [-0.3, -0.25) is 0 Å². The summed E-state index contributed by atoms with van der Waals surface area (Å²) in [5, 5.41) is 3.94. The molecular weight excluding hydrogens is 246 g/mol. The lowest BCUT2D eigenvalue weighted by Gasteiger charge is -2.05. The second kappa shape index (κ2) is 6.31. The van der Waals surface area contributed by atoms with Gasteiger partial charge in [-0.05, 0) is 12.1 Å². The summed E-state index contributed by atoms with van der Waals surface area (Å²) in [4.78, 5) is 4.31. The Bertz CT molecular complexity index is 527. The maximum atomic E-state index is 5.84. The number of hydrogen-bond donors (Lipinski definition) is 1. The third-order valence-electron chi connectivity index (χ3n) is 2.61. The second-order valence-electron chi connectivity index (χ2n) is 4.16. The SMILES string of the molecule is COCC(N)Cc1nc(-c2cccc(OC)c2)no1. The van der Waals surface area contributed by atoms with E-state index in [0.29, 0.717) is 24.7 Å². The van der Waals surface area contributed by atoms with Gasteiger partial charge in [0.15, 0.2) is 0 Å². The topological polar surface area (TPSA) is 83.4 Å². The minimum absolute atomic E-state index is 0.149. The molecule has 1 aromatic heterocycles. The number of hydrogen-bond acceptors (Lipinski definition) is 6. The average Bonchev–Trinajstić information content (AvgIpc) is 2.87. The summed E-state index contributed by atoms with van der Waals surface area (Å²) in [6.45, 7) is 0.455. The van der Waals surface area contributed by atoms with Gasteiger partial charge in [0.2, 0.25) is 11.7 Å². The van der Waals surface area contributed by atoms with Crippen molar-refractivity contribution in [3.63, 3.8) is 0 Å². The van der Waals surface area contributed by atoms with Crippen molar-refractivity contribution >= 4 is 0 Å². The maximum absolute atomic E-state index is 5.84. The number of nitrogens with zero attached hydrogens (tertiary/aromatic N) is 2. The molecule has 2 N–H and O–H groups in total. The molecule has 6 heteroatoms. The van der Waals surface area contributed by atoms with E-state index in [-0.39, 0.29) is 6.04 Å². The fourth-order valence-corrected chi connectivity index (χ4v) is 1.71. The predicted molar refractivity (Wildman–Crippen MR) is 69.8 cm³/mol. The third kappa shape index (κ3) is 3.52. The lowest BCUT2D eigenvalue weighted by molar-refractivity contribution is 0.176. The van der Waals surface area contributed by atoms with Gasteiger partial charge in [0, 0.05) is 25.1 Å². The van der Waals surface area contributed by atoms with E-state index in [9.17, 15) is 0 Å². The highest BCUT2D eigenvalue weighted by atomic mass is 16.5. The van der Waals surface area contributed by atoms with Crippen LogP contribution in [0.5, 0.6) is 5.75 Å². The van der Waals surface area contributed by atoms with E-state index < -0.39 is 0 Å². The molecule has 2 rings (SSSR count). The summed E-state index contributed by atoms with van der Waals surface area (Å²) in [5.74, 6) is 1.78. The molecule has 0 aliphatic heterocycles. The van der Waals surface area contributed by atoms with Gasteiger partial charge in [-0.1, -0.05) is 17.3 Å². The number of rotatable bonds is 6. The maximum Gasteiger partial charge on any atom is 0.228 e. The summed E-state index contributed by atoms with van der Waals surface area (Å²) in [6.07, 6.45) is 0.491. The van der Waals surface area contributed by atoms with E-state index in [2.05, 4.69) is 10.1 Å². The van der Waals surface area contributed by atoms with Crippen LogP contribution in [0.25, 0.3) is 11.4 Å². The van der Waals surface area contributed by atoms with Gasteiger partial charge in [0.25, 0.3) is 0 Å². The van der Waals surface area contributed by atoms with Gasteiger partial charge in [0.1, 0.15) is 5.75 Å². The van der Waals surface area contributed by atoms with E-state index in [4.69, 9.17) is 19.7 Å². The van der Waals surface area contributed by atoms with Crippen molar-refractivity contribution in [2.75, 3.05) is 20.8 Å². The zero-order valence-corrected chi connectivity index (χ0v) is 11.0. The minimum atomic E-state index is -0.149. The van der Waals surface area contributed by atoms with Crippen molar-refractivity contribution in [2.24, 2.45) is 5.73 Å². The highest BCUT2D eigenvalue weighted by molar-refractivity contribution is 5.56. The fraction of sp³-hybridized carbons (Fsp3) is 0.385. The first-order valence-corrected chi connectivity index (χ1v) is 5.94. The minimum Gasteiger partial charge on any atom is -0.497 e. The van der Waals surface area contributed by atoms with Crippen LogP contribution in [-0.2, 0) is 11.2 Å². The van der Waals surface area contributed by atoms with Crippen LogP contribution in [0, 0.1) is 0 Å². The molecule has 1 heterocycles. The van der Waals surface area contributed by atoms with Gasteiger partial charge in [-0.25, -0.2) is 0 Å². The molecule has 2 aromatic rings. The molecule has 1 unspecified atom stereocenters. The number of benzene rings is 1. The normalized spacial score (nSPS) is 12.4. The van der Waals surface area contributed by atoms with E-state index in [0.717, 1.165) is 11.3 Å². The second-order valence-corrected chi connectivity index (χ2v) is 4.16. The summed E-state index contributed by atoms with van der Waals surface area (Å²) in [5.41, 5.74) is 6.68. The van der Waals surface area contributed by atoms with Crippen molar-refractivity contribution in [1.82, 2.24) is 10.1 Å². The van der Waals surface area contributed by atoms with Gasteiger partial charge in [0.05, 0.1) is 13.7 Å². The van der Waals surface area contributed by atoms with Crippen LogP contribution in [0.3, 0.4) is 0 Å². The van der Waals surface area contributed by atoms with E-state index in [1.165, 1.54) is 0 Å². The smallest absolute Gasteiger partial charge is 0.228 e. The molecule has 6 nitrogen and oxygen atoms in total. The van der Waals surface area contributed by atoms with Crippen LogP contribution in [0.2, 0.25) is 0 Å². The molecule has 0 aliphatic carbocycles. The van der Waals surface area contributed by atoms with Gasteiger partial charge >= 0.3 is 0 Å². The largest absolute Gasteiger partial charge is 0.497 e. The van der Waals surface area contributed by atoms with Crippen molar-refractivity contribution in [1.29, 1.82) is 0 Å². The lowest BCUT2D eigenvalue weighted by Crippen LogP contribution is -2.28. The average molecular weight is 263 g/mol. The van der Waals surface area contributed by atoms with Crippen LogP contribution < -0.4 is 10.5 Å². The molecule has 0 fully saturated rings. The zero-order valence-electron chi connectivity index (χ0n) is 11.0. The standard InChI is InChI=1S/C13H17N3O3/c1-17-8-10(14)7-12-15-13(16-19-12)9-4-3-5-11(6-9)18-2/h3-6,10H,7-8,14H2,1-2H3. The molecule has 0 bridgehead atoms.